The Bertz CT molecular complexity index is 745. The number of benzene rings is 1. The molecule has 1 aromatic carbocycles. The summed E-state index contributed by atoms with van der Waals surface area (Å²) in [5.74, 6) is 1.80. The van der Waals surface area contributed by atoms with E-state index in [-0.39, 0.29) is 17.9 Å². The summed E-state index contributed by atoms with van der Waals surface area (Å²) in [7, 11) is 0. The normalized spacial score (nSPS) is 18.1. The third-order valence-electron chi connectivity index (χ3n) is 5.67. The fraction of sp³-hybridized carbons (Fsp3) is 0.667. The van der Waals surface area contributed by atoms with Gasteiger partial charge in [0.2, 0.25) is 0 Å². The Morgan fingerprint density at radius 2 is 1.84 bits per heavy atom. The highest BCUT2D eigenvalue weighted by Gasteiger charge is 2.35. The van der Waals surface area contributed by atoms with Crippen molar-refractivity contribution in [2.75, 3.05) is 26.2 Å². The lowest BCUT2D eigenvalue weighted by molar-refractivity contribution is 0.00928. The number of hydrogen-bond acceptors (Lipinski definition) is 4. The number of carbonyl (C=O) groups is 1. The van der Waals surface area contributed by atoms with Crippen LogP contribution in [-0.4, -0.2) is 64.8 Å². The van der Waals surface area contributed by atoms with Crippen LogP contribution in [0.4, 0.5) is 4.79 Å². The fourth-order valence-electron chi connectivity index (χ4n) is 3.85. The number of rotatable bonds is 6. The van der Waals surface area contributed by atoms with Gasteiger partial charge in [0.05, 0.1) is 6.54 Å². The van der Waals surface area contributed by atoms with Crippen LogP contribution < -0.4 is 5.32 Å². The minimum absolute atomic E-state index is 0.175. The van der Waals surface area contributed by atoms with E-state index in [1.807, 2.05) is 37.8 Å². The summed E-state index contributed by atoms with van der Waals surface area (Å²) in [6.07, 6.45) is 4.08. The summed E-state index contributed by atoms with van der Waals surface area (Å²) >= 11 is 0. The number of hydrogen-bond donors (Lipinski definition) is 2. The van der Waals surface area contributed by atoms with E-state index >= 15 is 0 Å². The van der Waals surface area contributed by atoms with Crippen molar-refractivity contribution >= 4 is 12.1 Å². The third kappa shape index (κ3) is 7.33. The Morgan fingerprint density at radius 3 is 2.39 bits per heavy atom. The molecule has 0 spiro atoms. The van der Waals surface area contributed by atoms with E-state index in [1.54, 1.807) is 12.1 Å². The number of piperidine rings is 1. The monoisotopic (exact) mass is 430 g/mol. The van der Waals surface area contributed by atoms with Gasteiger partial charge in [-0.25, -0.2) is 9.79 Å². The Balaban J connectivity index is 1.60. The first kappa shape index (κ1) is 23.2. The molecule has 2 aliphatic rings. The Morgan fingerprint density at radius 1 is 1.19 bits per heavy atom. The molecule has 7 nitrogen and oxygen atoms in total. The Labute approximate surface area is 186 Å². The third-order valence-corrected chi connectivity index (χ3v) is 5.67. The van der Waals surface area contributed by atoms with Crippen LogP contribution in [0, 0.1) is 5.92 Å². The van der Waals surface area contributed by atoms with E-state index in [1.165, 1.54) is 12.8 Å². The summed E-state index contributed by atoms with van der Waals surface area (Å²) in [4.78, 5) is 21.9. The maximum atomic E-state index is 12.9. The molecule has 1 aromatic rings. The highest BCUT2D eigenvalue weighted by Crippen LogP contribution is 2.32. The largest absolute Gasteiger partial charge is 0.508 e. The van der Waals surface area contributed by atoms with Gasteiger partial charge in [0.1, 0.15) is 11.4 Å². The summed E-state index contributed by atoms with van der Waals surface area (Å²) in [5, 5.41) is 12.9. The standard InChI is InChI=1S/C24H38N4O3/c1-5-25-22(26-16-18-8-10-21(29)11-9-18)27-14-12-20(13-15-27)28(17-19-6-7-19)23(30)31-24(2,3)4/h8-11,19-20,29H,5-7,12-17H2,1-4H3,(H,25,26). The molecule has 3 rings (SSSR count). The van der Waals surface area contributed by atoms with Gasteiger partial charge in [-0.15, -0.1) is 0 Å². The molecule has 172 valence electrons. The van der Waals surface area contributed by atoms with E-state index in [2.05, 4.69) is 17.1 Å². The SMILES string of the molecule is CCNC(=NCc1ccc(O)cc1)N1CCC(N(CC2CC2)C(=O)OC(C)(C)C)CC1. The second-order valence-corrected chi connectivity index (χ2v) is 9.63. The van der Waals surface area contributed by atoms with Crippen molar-refractivity contribution in [3.05, 3.63) is 29.8 Å². The van der Waals surface area contributed by atoms with Crippen molar-refractivity contribution in [1.29, 1.82) is 0 Å². The van der Waals surface area contributed by atoms with E-state index in [0.717, 1.165) is 50.5 Å². The topological polar surface area (TPSA) is 77.4 Å². The number of carbonyl (C=O) groups excluding carboxylic acids is 1. The molecule has 0 radical (unpaired) electrons. The molecule has 2 fully saturated rings. The number of nitrogens with one attached hydrogen (secondary N) is 1. The molecule has 31 heavy (non-hydrogen) atoms. The van der Waals surface area contributed by atoms with Crippen molar-refractivity contribution < 1.29 is 14.6 Å². The Hall–Kier alpha value is -2.44. The number of amides is 1. The summed E-state index contributed by atoms with van der Waals surface area (Å²) in [6, 6.07) is 7.38. The number of guanidine groups is 1. The number of aliphatic imine (C=N–C) groups is 1. The van der Waals surface area contributed by atoms with Crippen LogP contribution in [0.25, 0.3) is 0 Å². The summed E-state index contributed by atoms with van der Waals surface area (Å²) in [5.41, 5.74) is 0.585. The molecular weight excluding hydrogens is 392 g/mol. The van der Waals surface area contributed by atoms with Crippen LogP contribution in [0.5, 0.6) is 5.75 Å². The van der Waals surface area contributed by atoms with Gasteiger partial charge in [0.15, 0.2) is 5.96 Å². The first-order chi connectivity index (χ1) is 14.7. The minimum Gasteiger partial charge on any atom is -0.508 e. The molecule has 1 aliphatic carbocycles. The average molecular weight is 431 g/mol. The maximum Gasteiger partial charge on any atom is 0.410 e. The van der Waals surface area contributed by atoms with Crippen molar-refractivity contribution in [3.8, 4) is 5.75 Å². The summed E-state index contributed by atoms with van der Waals surface area (Å²) in [6.45, 7) is 11.7. The number of likely N-dealkylation sites (tertiary alicyclic amines) is 1. The van der Waals surface area contributed by atoms with Gasteiger partial charge in [-0.05, 0) is 77.0 Å². The predicted molar refractivity (Wildman–Crippen MR) is 123 cm³/mol. The van der Waals surface area contributed by atoms with E-state index in [9.17, 15) is 9.90 Å². The van der Waals surface area contributed by atoms with Crippen molar-refractivity contribution in [2.45, 2.75) is 71.6 Å². The fourth-order valence-corrected chi connectivity index (χ4v) is 3.85. The number of phenols is 1. The van der Waals surface area contributed by atoms with Crippen molar-refractivity contribution in [1.82, 2.24) is 15.1 Å². The quantitative estimate of drug-likeness (QED) is 0.527. The number of ether oxygens (including phenoxy) is 1. The van der Waals surface area contributed by atoms with Crippen LogP contribution >= 0.6 is 0 Å². The van der Waals surface area contributed by atoms with Gasteiger partial charge in [0.25, 0.3) is 0 Å². The summed E-state index contributed by atoms with van der Waals surface area (Å²) < 4.78 is 5.71. The zero-order valence-corrected chi connectivity index (χ0v) is 19.4. The molecule has 0 unspecified atom stereocenters. The van der Waals surface area contributed by atoms with Crippen LogP contribution in [0.15, 0.2) is 29.3 Å². The van der Waals surface area contributed by atoms with Gasteiger partial charge in [-0.2, -0.15) is 0 Å². The lowest BCUT2D eigenvalue weighted by Crippen LogP contribution is -2.52. The lowest BCUT2D eigenvalue weighted by Gasteiger charge is -2.40. The van der Waals surface area contributed by atoms with Crippen LogP contribution in [0.3, 0.4) is 0 Å². The molecule has 1 aliphatic heterocycles. The first-order valence-electron chi connectivity index (χ1n) is 11.6. The molecule has 1 heterocycles. The van der Waals surface area contributed by atoms with Crippen LogP contribution in [0.2, 0.25) is 0 Å². The number of nitrogens with zero attached hydrogens (tertiary/aromatic N) is 3. The predicted octanol–water partition coefficient (Wildman–Crippen LogP) is 3.97. The van der Waals surface area contributed by atoms with Crippen LogP contribution in [0.1, 0.15) is 58.9 Å². The molecule has 1 saturated heterocycles. The molecule has 0 aromatic heterocycles. The van der Waals surface area contributed by atoms with Gasteiger partial charge in [0, 0.05) is 32.2 Å². The van der Waals surface area contributed by atoms with E-state index < -0.39 is 5.60 Å². The molecule has 7 heteroatoms. The molecule has 2 N–H and O–H groups in total. The first-order valence-corrected chi connectivity index (χ1v) is 11.6. The van der Waals surface area contributed by atoms with E-state index in [0.29, 0.717) is 12.5 Å². The Kier molecular flexibility index (Phi) is 7.68. The average Bonchev–Trinajstić information content (AvgIpc) is 3.54. The molecule has 0 atom stereocenters. The van der Waals surface area contributed by atoms with Crippen LogP contribution in [-0.2, 0) is 11.3 Å². The van der Waals surface area contributed by atoms with Gasteiger partial charge >= 0.3 is 6.09 Å². The van der Waals surface area contributed by atoms with Crippen molar-refractivity contribution in [3.63, 3.8) is 0 Å². The van der Waals surface area contributed by atoms with E-state index in [4.69, 9.17) is 9.73 Å². The molecular formula is C24H38N4O3. The molecule has 0 bridgehead atoms. The second-order valence-electron chi connectivity index (χ2n) is 9.63. The highest BCUT2D eigenvalue weighted by molar-refractivity contribution is 5.80. The highest BCUT2D eigenvalue weighted by atomic mass is 16.6. The molecule has 1 saturated carbocycles. The zero-order chi connectivity index (χ0) is 22.4. The molecule has 1 amide bonds. The maximum absolute atomic E-state index is 12.9. The smallest absolute Gasteiger partial charge is 0.410 e. The zero-order valence-electron chi connectivity index (χ0n) is 19.4. The van der Waals surface area contributed by atoms with Gasteiger partial charge in [-0.3, -0.25) is 0 Å². The number of phenolic OH excluding ortho intramolecular Hbond substituents is 1. The van der Waals surface area contributed by atoms with Crippen molar-refractivity contribution in [2.24, 2.45) is 10.9 Å². The lowest BCUT2D eigenvalue weighted by atomic mass is 10.0. The number of aromatic hydroxyl groups is 1. The van der Waals surface area contributed by atoms with Gasteiger partial charge in [-0.1, -0.05) is 12.1 Å². The minimum atomic E-state index is -0.474. The second kappa shape index (κ2) is 10.2. The van der Waals surface area contributed by atoms with Gasteiger partial charge < -0.3 is 25.0 Å².